The van der Waals surface area contributed by atoms with Gasteiger partial charge in [-0.2, -0.15) is 0 Å². The predicted molar refractivity (Wildman–Crippen MR) is 89.6 cm³/mol. The number of benzene rings is 2. The van der Waals surface area contributed by atoms with E-state index in [0.29, 0.717) is 6.04 Å². The molecule has 1 fully saturated rings. The fourth-order valence-electron chi connectivity index (χ4n) is 3.61. The lowest BCUT2D eigenvalue weighted by Crippen LogP contribution is -2.32. The number of rotatable bonds is 4. The van der Waals surface area contributed by atoms with Gasteiger partial charge in [-0.3, -0.25) is 0 Å². The van der Waals surface area contributed by atoms with Crippen LogP contribution in [0.3, 0.4) is 0 Å². The van der Waals surface area contributed by atoms with Crippen LogP contribution in [0.4, 0.5) is 0 Å². The first-order valence-electron chi connectivity index (χ1n) is 8.10. The minimum atomic E-state index is 0.516. The number of H-pyrrole nitrogens is 1. The Hall–Kier alpha value is -1.80. The Morgan fingerprint density at radius 3 is 2.67 bits per heavy atom. The van der Waals surface area contributed by atoms with Crippen LogP contribution in [-0.4, -0.2) is 11.5 Å². The molecule has 4 rings (SSSR count). The van der Waals surface area contributed by atoms with E-state index in [1.165, 1.54) is 46.6 Å². The second kappa shape index (κ2) is 5.19. The van der Waals surface area contributed by atoms with Crippen molar-refractivity contribution in [3.63, 3.8) is 0 Å². The van der Waals surface area contributed by atoms with E-state index in [2.05, 4.69) is 59.7 Å². The van der Waals surface area contributed by atoms with Gasteiger partial charge < -0.3 is 10.3 Å². The third-order valence-electron chi connectivity index (χ3n) is 4.93. The molecule has 3 aromatic rings. The molecule has 0 bridgehead atoms. The molecule has 1 aliphatic carbocycles. The van der Waals surface area contributed by atoms with Crippen molar-refractivity contribution in [3.8, 4) is 0 Å². The maximum Gasteiger partial charge on any atom is 0.0465 e. The first-order valence-corrected chi connectivity index (χ1v) is 8.10. The van der Waals surface area contributed by atoms with Crippen molar-refractivity contribution < 1.29 is 0 Å². The van der Waals surface area contributed by atoms with Gasteiger partial charge in [-0.05, 0) is 49.1 Å². The second-order valence-corrected chi connectivity index (χ2v) is 6.20. The Balaban J connectivity index is 1.82. The summed E-state index contributed by atoms with van der Waals surface area (Å²) in [5.41, 5.74) is 3.91. The van der Waals surface area contributed by atoms with Crippen LogP contribution in [0.2, 0.25) is 0 Å². The number of para-hydroxylation sites is 1. The second-order valence-electron chi connectivity index (χ2n) is 6.20. The van der Waals surface area contributed by atoms with Crippen molar-refractivity contribution >= 4 is 21.8 Å². The molecule has 0 aliphatic heterocycles. The standard InChI is InChI=1S/C19H22N2/c1-2-20-19(13-6-5-7-13)14-10-11-18-16(12-14)15-8-3-4-9-17(15)21-18/h3-4,8-13,19-21H,2,5-7H2,1H3. The molecular weight excluding hydrogens is 256 g/mol. The summed E-state index contributed by atoms with van der Waals surface area (Å²) in [4.78, 5) is 3.51. The number of aromatic nitrogens is 1. The van der Waals surface area contributed by atoms with Crippen LogP contribution in [0.15, 0.2) is 42.5 Å². The largest absolute Gasteiger partial charge is 0.355 e. The van der Waals surface area contributed by atoms with Gasteiger partial charge in [-0.25, -0.2) is 0 Å². The number of hydrogen-bond acceptors (Lipinski definition) is 1. The van der Waals surface area contributed by atoms with E-state index in [4.69, 9.17) is 0 Å². The molecule has 0 saturated heterocycles. The summed E-state index contributed by atoms with van der Waals surface area (Å²) < 4.78 is 0. The van der Waals surface area contributed by atoms with Crippen molar-refractivity contribution in [3.05, 3.63) is 48.0 Å². The van der Waals surface area contributed by atoms with Crippen molar-refractivity contribution in [1.82, 2.24) is 10.3 Å². The molecule has 0 radical (unpaired) electrons. The molecule has 108 valence electrons. The molecule has 1 aliphatic rings. The van der Waals surface area contributed by atoms with E-state index in [9.17, 15) is 0 Å². The Kier molecular flexibility index (Phi) is 3.19. The molecule has 2 aromatic carbocycles. The van der Waals surface area contributed by atoms with Crippen LogP contribution in [-0.2, 0) is 0 Å². The van der Waals surface area contributed by atoms with Crippen LogP contribution in [0, 0.1) is 5.92 Å². The first-order chi connectivity index (χ1) is 10.4. The van der Waals surface area contributed by atoms with Gasteiger partial charge in [0.2, 0.25) is 0 Å². The highest BCUT2D eigenvalue weighted by atomic mass is 14.9. The minimum absolute atomic E-state index is 0.516. The zero-order valence-electron chi connectivity index (χ0n) is 12.5. The highest BCUT2D eigenvalue weighted by molar-refractivity contribution is 6.07. The maximum absolute atomic E-state index is 3.70. The van der Waals surface area contributed by atoms with Crippen molar-refractivity contribution in [2.45, 2.75) is 32.2 Å². The highest BCUT2D eigenvalue weighted by Crippen LogP contribution is 2.39. The summed E-state index contributed by atoms with van der Waals surface area (Å²) >= 11 is 0. The summed E-state index contributed by atoms with van der Waals surface area (Å²) in [6.07, 6.45) is 4.12. The van der Waals surface area contributed by atoms with Crippen molar-refractivity contribution in [1.29, 1.82) is 0 Å². The zero-order chi connectivity index (χ0) is 14.2. The zero-order valence-corrected chi connectivity index (χ0v) is 12.5. The lowest BCUT2D eigenvalue weighted by molar-refractivity contribution is 0.233. The molecule has 0 amide bonds. The number of nitrogens with one attached hydrogen (secondary N) is 2. The number of aromatic amines is 1. The molecular formula is C19H22N2. The van der Waals surface area contributed by atoms with Crippen molar-refractivity contribution in [2.24, 2.45) is 5.92 Å². The van der Waals surface area contributed by atoms with E-state index in [1.807, 2.05) is 0 Å². The number of hydrogen-bond donors (Lipinski definition) is 2. The van der Waals surface area contributed by atoms with Crippen LogP contribution >= 0.6 is 0 Å². The Bertz CT molecular complexity index is 767. The number of fused-ring (bicyclic) bond motifs is 3. The Morgan fingerprint density at radius 1 is 1.10 bits per heavy atom. The van der Waals surface area contributed by atoms with Gasteiger partial charge in [0.25, 0.3) is 0 Å². The van der Waals surface area contributed by atoms with Crippen LogP contribution in [0.25, 0.3) is 21.8 Å². The van der Waals surface area contributed by atoms with Gasteiger partial charge in [0.1, 0.15) is 0 Å². The van der Waals surface area contributed by atoms with Gasteiger partial charge in [0.05, 0.1) is 0 Å². The Morgan fingerprint density at radius 2 is 1.90 bits per heavy atom. The average Bonchev–Trinajstić information content (AvgIpc) is 2.82. The van der Waals surface area contributed by atoms with Crippen LogP contribution in [0.5, 0.6) is 0 Å². The smallest absolute Gasteiger partial charge is 0.0465 e. The van der Waals surface area contributed by atoms with E-state index >= 15 is 0 Å². The lowest BCUT2D eigenvalue weighted by Gasteiger charge is -2.34. The SMILES string of the molecule is CCNC(c1ccc2[nH]c3ccccc3c2c1)C1CCC1. The Labute approximate surface area is 125 Å². The molecule has 1 unspecified atom stereocenters. The minimum Gasteiger partial charge on any atom is -0.355 e. The summed E-state index contributed by atoms with van der Waals surface area (Å²) in [5, 5.41) is 6.38. The molecule has 1 heterocycles. The maximum atomic E-state index is 3.70. The topological polar surface area (TPSA) is 27.8 Å². The van der Waals surface area contributed by atoms with Gasteiger partial charge in [0.15, 0.2) is 0 Å². The third kappa shape index (κ3) is 2.14. The molecule has 2 N–H and O–H groups in total. The summed E-state index contributed by atoms with van der Waals surface area (Å²) in [6, 6.07) is 16.0. The predicted octanol–water partition coefficient (Wildman–Crippen LogP) is 4.77. The van der Waals surface area contributed by atoms with E-state index < -0.39 is 0 Å². The van der Waals surface area contributed by atoms with Crippen LogP contribution < -0.4 is 5.32 Å². The normalized spacial score (nSPS) is 17.2. The lowest BCUT2D eigenvalue weighted by atomic mass is 9.77. The average molecular weight is 278 g/mol. The van der Waals surface area contributed by atoms with E-state index in [0.717, 1.165) is 12.5 Å². The highest BCUT2D eigenvalue weighted by Gasteiger charge is 2.28. The monoisotopic (exact) mass is 278 g/mol. The van der Waals surface area contributed by atoms with Gasteiger partial charge in [-0.1, -0.05) is 37.6 Å². The molecule has 2 nitrogen and oxygen atoms in total. The van der Waals surface area contributed by atoms with Gasteiger partial charge in [0, 0.05) is 27.8 Å². The molecule has 21 heavy (non-hydrogen) atoms. The summed E-state index contributed by atoms with van der Waals surface area (Å²) in [7, 11) is 0. The molecule has 0 spiro atoms. The molecule has 2 heteroatoms. The fourth-order valence-corrected chi connectivity index (χ4v) is 3.61. The molecule has 1 atom stereocenters. The summed E-state index contributed by atoms with van der Waals surface area (Å²) in [5.74, 6) is 0.813. The van der Waals surface area contributed by atoms with E-state index in [-0.39, 0.29) is 0 Å². The third-order valence-corrected chi connectivity index (χ3v) is 4.93. The molecule has 1 aromatic heterocycles. The quantitative estimate of drug-likeness (QED) is 0.706. The van der Waals surface area contributed by atoms with Crippen LogP contribution in [0.1, 0.15) is 37.8 Å². The van der Waals surface area contributed by atoms with Crippen molar-refractivity contribution in [2.75, 3.05) is 6.54 Å². The molecule has 1 saturated carbocycles. The fraction of sp³-hybridized carbons (Fsp3) is 0.368. The van der Waals surface area contributed by atoms with Gasteiger partial charge >= 0.3 is 0 Å². The van der Waals surface area contributed by atoms with Gasteiger partial charge in [-0.15, -0.1) is 0 Å². The first kappa shape index (κ1) is 12.9. The van der Waals surface area contributed by atoms with E-state index in [1.54, 1.807) is 0 Å². The summed E-state index contributed by atoms with van der Waals surface area (Å²) in [6.45, 7) is 3.24.